The number of para-hydroxylation sites is 2. The minimum atomic E-state index is -0.238. The molecule has 0 heterocycles. The van der Waals surface area contributed by atoms with Crippen molar-refractivity contribution < 1.29 is 9.59 Å². The van der Waals surface area contributed by atoms with Gasteiger partial charge in [0.05, 0.1) is 29.5 Å². The van der Waals surface area contributed by atoms with Crippen molar-refractivity contribution in [3.05, 3.63) is 83.9 Å². The predicted molar refractivity (Wildman–Crippen MR) is 123 cm³/mol. The number of nitrogens with one attached hydrogen (secondary N) is 2. The van der Waals surface area contributed by atoms with Crippen LogP contribution in [0, 0.1) is 0 Å². The molecule has 0 saturated heterocycles. The number of carbonyl (C=O) groups excluding carboxylic acids is 2. The summed E-state index contributed by atoms with van der Waals surface area (Å²) in [4.78, 5) is 28.4. The molecule has 3 aromatic carbocycles. The van der Waals surface area contributed by atoms with E-state index in [1.54, 1.807) is 48.0 Å². The smallest absolute Gasteiger partial charge is 0.238 e. The first-order chi connectivity index (χ1) is 14.5. The van der Waals surface area contributed by atoms with Crippen LogP contribution in [0.1, 0.15) is 0 Å². The van der Waals surface area contributed by atoms with Crippen molar-refractivity contribution in [1.29, 1.82) is 0 Å². The van der Waals surface area contributed by atoms with Gasteiger partial charge in [0.15, 0.2) is 0 Å². The van der Waals surface area contributed by atoms with E-state index in [0.29, 0.717) is 10.7 Å². The third-order valence-electron chi connectivity index (χ3n) is 4.11. The van der Waals surface area contributed by atoms with Crippen molar-refractivity contribution in [3.8, 4) is 0 Å². The first kappa shape index (κ1) is 21.9. The van der Waals surface area contributed by atoms with Crippen molar-refractivity contribution in [1.82, 2.24) is 4.90 Å². The molecule has 2 N–H and O–H groups in total. The van der Waals surface area contributed by atoms with Crippen LogP contribution < -0.4 is 10.6 Å². The number of likely N-dealkylation sites (N-methyl/N-ethyl adjacent to an activating group) is 1. The maximum absolute atomic E-state index is 12.5. The van der Waals surface area contributed by atoms with E-state index in [0.717, 1.165) is 15.5 Å². The number of anilines is 2. The zero-order valence-electron chi connectivity index (χ0n) is 16.5. The van der Waals surface area contributed by atoms with E-state index in [-0.39, 0.29) is 24.9 Å². The first-order valence-electron chi connectivity index (χ1n) is 9.36. The van der Waals surface area contributed by atoms with Gasteiger partial charge in [0.1, 0.15) is 0 Å². The maximum atomic E-state index is 12.5. The molecule has 0 radical (unpaired) electrons. The van der Waals surface area contributed by atoms with Crippen LogP contribution >= 0.6 is 23.4 Å². The van der Waals surface area contributed by atoms with Gasteiger partial charge in [0.25, 0.3) is 0 Å². The molecule has 3 rings (SSSR count). The molecule has 30 heavy (non-hydrogen) atoms. The van der Waals surface area contributed by atoms with Gasteiger partial charge >= 0.3 is 0 Å². The summed E-state index contributed by atoms with van der Waals surface area (Å²) in [5.74, 6) is -0.428. The Labute approximate surface area is 185 Å². The van der Waals surface area contributed by atoms with Gasteiger partial charge in [-0.05, 0) is 43.4 Å². The number of hydrogen-bond acceptors (Lipinski definition) is 4. The predicted octanol–water partition coefficient (Wildman–Crippen LogP) is 5.00. The minimum absolute atomic E-state index is 0.0685. The number of benzene rings is 3. The summed E-state index contributed by atoms with van der Waals surface area (Å²) in [6.07, 6.45) is 0. The summed E-state index contributed by atoms with van der Waals surface area (Å²) in [5, 5.41) is 6.16. The van der Waals surface area contributed by atoms with E-state index in [9.17, 15) is 9.59 Å². The number of amides is 2. The third kappa shape index (κ3) is 6.62. The molecule has 0 aliphatic carbocycles. The van der Waals surface area contributed by atoms with Gasteiger partial charge in [-0.15, -0.1) is 0 Å². The molecule has 2 amide bonds. The second kappa shape index (κ2) is 10.8. The lowest BCUT2D eigenvalue weighted by Gasteiger charge is -2.17. The van der Waals surface area contributed by atoms with Crippen LogP contribution in [-0.2, 0) is 9.59 Å². The second-order valence-electron chi connectivity index (χ2n) is 6.66. The van der Waals surface area contributed by atoms with Gasteiger partial charge in [0, 0.05) is 9.79 Å². The van der Waals surface area contributed by atoms with Crippen LogP contribution in [0.4, 0.5) is 11.4 Å². The van der Waals surface area contributed by atoms with Gasteiger partial charge in [0.2, 0.25) is 11.8 Å². The Hall–Kier alpha value is -2.80. The van der Waals surface area contributed by atoms with Crippen LogP contribution in [0.15, 0.2) is 88.7 Å². The van der Waals surface area contributed by atoms with Crippen LogP contribution in [0.25, 0.3) is 0 Å². The van der Waals surface area contributed by atoms with Crippen molar-refractivity contribution >= 4 is 46.6 Å². The lowest BCUT2D eigenvalue weighted by molar-refractivity contribution is -0.119. The second-order valence-corrected chi connectivity index (χ2v) is 8.18. The third-order valence-corrected chi connectivity index (χ3v) is 5.52. The topological polar surface area (TPSA) is 61.4 Å². The van der Waals surface area contributed by atoms with E-state index in [1.807, 2.05) is 54.6 Å². The highest BCUT2D eigenvalue weighted by atomic mass is 35.5. The average Bonchev–Trinajstić information content (AvgIpc) is 2.72. The van der Waals surface area contributed by atoms with Gasteiger partial charge in [-0.25, -0.2) is 0 Å². The maximum Gasteiger partial charge on any atom is 0.238 e. The SMILES string of the molecule is CN(CC(=O)Nc1ccccc1Cl)CC(=O)Nc1ccccc1Sc1ccccc1. The van der Waals surface area contributed by atoms with E-state index in [4.69, 9.17) is 11.6 Å². The summed E-state index contributed by atoms with van der Waals surface area (Å²) in [7, 11) is 1.72. The normalized spacial score (nSPS) is 10.6. The molecule has 0 spiro atoms. The molecular weight excluding hydrogens is 418 g/mol. The largest absolute Gasteiger partial charge is 0.324 e. The lowest BCUT2D eigenvalue weighted by Crippen LogP contribution is -2.36. The Kier molecular flexibility index (Phi) is 7.90. The quantitative estimate of drug-likeness (QED) is 0.518. The highest BCUT2D eigenvalue weighted by molar-refractivity contribution is 7.99. The van der Waals surface area contributed by atoms with Gasteiger partial charge in [-0.1, -0.05) is 65.8 Å². The van der Waals surface area contributed by atoms with Crippen molar-refractivity contribution in [3.63, 3.8) is 0 Å². The summed E-state index contributed by atoms with van der Waals surface area (Å²) in [5.41, 5.74) is 1.29. The van der Waals surface area contributed by atoms with E-state index >= 15 is 0 Å². The Morgan fingerprint density at radius 1 is 0.800 bits per heavy atom. The molecular formula is C23H22ClN3O2S. The highest BCUT2D eigenvalue weighted by Crippen LogP contribution is 2.33. The fourth-order valence-corrected chi connectivity index (χ4v) is 3.87. The van der Waals surface area contributed by atoms with Crippen LogP contribution in [0.5, 0.6) is 0 Å². The van der Waals surface area contributed by atoms with Crippen molar-refractivity contribution in [2.75, 3.05) is 30.8 Å². The van der Waals surface area contributed by atoms with E-state index in [2.05, 4.69) is 10.6 Å². The van der Waals surface area contributed by atoms with Crippen molar-refractivity contribution in [2.24, 2.45) is 0 Å². The molecule has 0 fully saturated rings. The molecule has 154 valence electrons. The zero-order valence-corrected chi connectivity index (χ0v) is 18.0. The van der Waals surface area contributed by atoms with Crippen LogP contribution in [0.2, 0.25) is 5.02 Å². The Morgan fingerprint density at radius 2 is 1.33 bits per heavy atom. The standard InChI is InChI=1S/C23H22ClN3O2S/c1-27(15-22(28)25-19-12-6-5-11-18(19)24)16-23(29)26-20-13-7-8-14-21(20)30-17-9-3-2-4-10-17/h2-14H,15-16H2,1H3,(H,25,28)(H,26,29). The van der Waals surface area contributed by atoms with Gasteiger partial charge < -0.3 is 10.6 Å². The van der Waals surface area contributed by atoms with E-state index < -0.39 is 0 Å². The molecule has 0 aliphatic rings. The number of halogens is 1. The van der Waals surface area contributed by atoms with Gasteiger partial charge in [-0.3, -0.25) is 14.5 Å². The fraction of sp³-hybridized carbons (Fsp3) is 0.130. The lowest BCUT2D eigenvalue weighted by atomic mass is 10.3. The molecule has 5 nitrogen and oxygen atoms in total. The number of carbonyl (C=O) groups is 2. The average molecular weight is 440 g/mol. The molecule has 0 atom stereocenters. The molecule has 0 bridgehead atoms. The van der Waals surface area contributed by atoms with Gasteiger partial charge in [-0.2, -0.15) is 0 Å². The number of rotatable bonds is 8. The molecule has 0 aromatic heterocycles. The molecule has 0 saturated carbocycles. The van der Waals surface area contributed by atoms with Crippen molar-refractivity contribution in [2.45, 2.75) is 9.79 Å². The van der Waals surface area contributed by atoms with Crippen LogP contribution in [-0.4, -0.2) is 36.9 Å². The van der Waals surface area contributed by atoms with E-state index in [1.165, 1.54) is 0 Å². The summed E-state index contributed by atoms with van der Waals surface area (Å²) < 4.78 is 0. The molecule has 0 unspecified atom stereocenters. The number of hydrogen-bond donors (Lipinski definition) is 2. The molecule has 3 aromatic rings. The Morgan fingerprint density at radius 3 is 2.00 bits per heavy atom. The minimum Gasteiger partial charge on any atom is -0.324 e. The summed E-state index contributed by atoms with van der Waals surface area (Å²) in [6, 6.07) is 24.6. The Balaban J connectivity index is 1.54. The molecule has 0 aliphatic heterocycles. The number of nitrogens with zero attached hydrogens (tertiary/aromatic N) is 1. The Bertz CT molecular complexity index is 1010. The monoisotopic (exact) mass is 439 g/mol. The summed E-state index contributed by atoms with van der Waals surface area (Å²) in [6.45, 7) is 0.152. The van der Waals surface area contributed by atoms with Crippen LogP contribution in [0.3, 0.4) is 0 Å². The molecule has 7 heteroatoms. The highest BCUT2D eigenvalue weighted by Gasteiger charge is 2.13. The fourth-order valence-electron chi connectivity index (χ4n) is 2.76. The summed E-state index contributed by atoms with van der Waals surface area (Å²) >= 11 is 7.64. The zero-order chi connectivity index (χ0) is 21.3. The first-order valence-corrected chi connectivity index (χ1v) is 10.6.